The number of hydrogen-bond acceptors (Lipinski definition) is 3. The number of hydrazine groups is 1. The van der Waals surface area contributed by atoms with Crippen molar-refractivity contribution in [1.29, 1.82) is 0 Å². The molecule has 4 nitrogen and oxygen atoms in total. The number of hydrogen-bond donors (Lipinski definition) is 2. The van der Waals surface area contributed by atoms with Crippen LogP contribution in [0.15, 0.2) is 48.5 Å². The van der Waals surface area contributed by atoms with Gasteiger partial charge in [-0.05, 0) is 30.2 Å². The maximum Gasteiger partial charge on any atom is 0.109 e. The van der Waals surface area contributed by atoms with Crippen LogP contribution < -0.4 is 11.3 Å². The van der Waals surface area contributed by atoms with Gasteiger partial charge in [-0.3, -0.25) is 5.84 Å². The van der Waals surface area contributed by atoms with Crippen LogP contribution in [0.5, 0.6) is 0 Å². The third kappa shape index (κ3) is 2.38. The first-order valence-electron chi connectivity index (χ1n) is 6.74. The van der Waals surface area contributed by atoms with Crippen molar-refractivity contribution in [3.63, 3.8) is 0 Å². The van der Waals surface area contributed by atoms with Gasteiger partial charge in [-0.15, -0.1) is 0 Å². The maximum absolute atomic E-state index is 5.44. The van der Waals surface area contributed by atoms with Gasteiger partial charge >= 0.3 is 0 Å². The van der Waals surface area contributed by atoms with Crippen molar-refractivity contribution >= 4 is 16.7 Å². The Kier molecular flexibility index (Phi) is 3.39. The van der Waals surface area contributed by atoms with Gasteiger partial charge in [0.1, 0.15) is 5.82 Å². The molecule has 3 rings (SSSR count). The molecule has 3 aromatic rings. The zero-order valence-electron chi connectivity index (χ0n) is 11.5. The Morgan fingerprint density at radius 3 is 2.65 bits per heavy atom. The summed E-state index contributed by atoms with van der Waals surface area (Å²) in [5.74, 6) is 6.53. The summed E-state index contributed by atoms with van der Waals surface area (Å²) in [6.07, 6.45) is 1.93. The fourth-order valence-electron chi connectivity index (χ4n) is 2.46. The van der Waals surface area contributed by atoms with Gasteiger partial charge < -0.3 is 9.99 Å². The Morgan fingerprint density at radius 1 is 1.10 bits per heavy atom. The minimum atomic E-state index is 0.880. The molecule has 0 saturated heterocycles. The van der Waals surface area contributed by atoms with Crippen molar-refractivity contribution in [1.82, 2.24) is 9.55 Å². The second-order valence-electron chi connectivity index (χ2n) is 4.92. The van der Waals surface area contributed by atoms with Crippen molar-refractivity contribution in [2.24, 2.45) is 12.9 Å². The summed E-state index contributed by atoms with van der Waals surface area (Å²) in [7, 11) is 2.06. The number of anilines is 1. The van der Waals surface area contributed by atoms with Gasteiger partial charge in [0.2, 0.25) is 0 Å². The first-order chi connectivity index (χ1) is 9.78. The lowest BCUT2D eigenvalue weighted by atomic mass is 10.1. The number of rotatable bonds is 4. The fourth-order valence-corrected chi connectivity index (χ4v) is 2.46. The summed E-state index contributed by atoms with van der Waals surface area (Å²) in [4.78, 5) is 4.70. The number of imidazole rings is 1. The Labute approximate surface area is 118 Å². The highest BCUT2D eigenvalue weighted by atomic mass is 15.2. The van der Waals surface area contributed by atoms with Crippen molar-refractivity contribution in [2.45, 2.75) is 12.8 Å². The summed E-state index contributed by atoms with van der Waals surface area (Å²) in [5.41, 5.74) is 6.98. The molecule has 0 aliphatic heterocycles. The van der Waals surface area contributed by atoms with Gasteiger partial charge in [0.15, 0.2) is 0 Å². The number of nitrogens with two attached hydrogens (primary N) is 1. The maximum atomic E-state index is 5.44. The molecule has 0 saturated carbocycles. The number of nitrogens with one attached hydrogen (secondary N) is 1. The molecule has 2 aromatic carbocycles. The van der Waals surface area contributed by atoms with Crippen LogP contribution >= 0.6 is 0 Å². The monoisotopic (exact) mass is 266 g/mol. The van der Waals surface area contributed by atoms with Crippen molar-refractivity contribution < 1.29 is 0 Å². The quantitative estimate of drug-likeness (QED) is 0.564. The van der Waals surface area contributed by atoms with E-state index >= 15 is 0 Å². The average Bonchev–Trinajstić information content (AvgIpc) is 2.82. The van der Waals surface area contributed by atoms with Crippen molar-refractivity contribution in [3.05, 3.63) is 59.9 Å². The largest absolute Gasteiger partial charge is 0.331 e. The van der Waals surface area contributed by atoms with Gasteiger partial charge in [-0.1, -0.05) is 30.3 Å². The molecule has 3 N–H and O–H groups in total. The third-order valence-electron chi connectivity index (χ3n) is 3.62. The lowest BCUT2D eigenvalue weighted by molar-refractivity contribution is 0.787. The summed E-state index contributed by atoms with van der Waals surface area (Å²) in [5, 5.41) is 0. The van der Waals surface area contributed by atoms with E-state index in [1.54, 1.807) is 0 Å². The molecular weight excluding hydrogens is 248 g/mol. The zero-order chi connectivity index (χ0) is 13.9. The van der Waals surface area contributed by atoms with Gasteiger partial charge in [0.25, 0.3) is 0 Å². The molecule has 0 aliphatic rings. The van der Waals surface area contributed by atoms with E-state index in [2.05, 4.69) is 41.3 Å². The van der Waals surface area contributed by atoms with Crippen LogP contribution in [0.4, 0.5) is 5.69 Å². The Morgan fingerprint density at radius 2 is 1.90 bits per heavy atom. The van der Waals surface area contributed by atoms with E-state index in [4.69, 9.17) is 10.8 Å². The van der Waals surface area contributed by atoms with Gasteiger partial charge in [0.05, 0.1) is 16.7 Å². The van der Waals surface area contributed by atoms with Crippen LogP contribution in [-0.4, -0.2) is 9.55 Å². The minimum absolute atomic E-state index is 0.880. The molecule has 0 amide bonds. The number of aromatic nitrogens is 2. The predicted octanol–water partition coefficient (Wildman–Crippen LogP) is 2.64. The van der Waals surface area contributed by atoms with E-state index < -0.39 is 0 Å². The van der Waals surface area contributed by atoms with Crippen LogP contribution in [-0.2, 0) is 19.9 Å². The second-order valence-corrected chi connectivity index (χ2v) is 4.92. The SMILES string of the molecule is Cn1c(CCc2ccccc2)nc2cc(NN)ccc21. The topological polar surface area (TPSA) is 55.9 Å². The highest BCUT2D eigenvalue weighted by molar-refractivity contribution is 5.80. The van der Waals surface area contributed by atoms with Gasteiger partial charge in [0, 0.05) is 13.5 Å². The van der Waals surface area contributed by atoms with Crippen LogP contribution in [0.2, 0.25) is 0 Å². The second kappa shape index (κ2) is 5.35. The van der Waals surface area contributed by atoms with Crippen LogP contribution in [0.3, 0.4) is 0 Å². The first-order valence-corrected chi connectivity index (χ1v) is 6.74. The first kappa shape index (κ1) is 12.7. The molecule has 0 atom stereocenters. The zero-order valence-corrected chi connectivity index (χ0v) is 11.5. The van der Waals surface area contributed by atoms with E-state index in [0.717, 1.165) is 35.4 Å². The molecule has 0 fully saturated rings. The molecule has 102 valence electrons. The average molecular weight is 266 g/mol. The predicted molar refractivity (Wildman–Crippen MR) is 82.4 cm³/mol. The van der Waals surface area contributed by atoms with Crippen molar-refractivity contribution in [2.75, 3.05) is 5.43 Å². The normalized spacial score (nSPS) is 10.9. The van der Waals surface area contributed by atoms with E-state index in [1.807, 2.05) is 24.3 Å². The summed E-state index contributed by atoms with van der Waals surface area (Å²) < 4.78 is 2.15. The lowest BCUT2D eigenvalue weighted by Crippen LogP contribution is -2.06. The third-order valence-corrected chi connectivity index (χ3v) is 3.62. The fraction of sp³-hybridized carbons (Fsp3) is 0.188. The lowest BCUT2D eigenvalue weighted by Gasteiger charge is -2.03. The molecule has 0 spiro atoms. The number of fused-ring (bicyclic) bond motifs is 1. The number of benzene rings is 2. The summed E-state index contributed by atoms with van der Waals surface area (Å²) in [6, 6.07) is 16.5. The van der Waals surface area contributed by atoms with E-state index in [-0.39, 0.29) is 0 Å². The molecular formula is C16H18N4. The van der Waals surface area contributed by atoms with Crippen LogP contribution in [0.1, 0.15) is 11.4 Å². The molecule has 1 heterocycles. The molecule has 0 unspecified atom stereocenters. The molecule has 0 aliphatic carbocycles. The Bertz CT molecular complexity index is 716. The minimum Gasteiger partial charge on any atom is -0.331 e. The van der Waals surface area contributed by atoms with E-state index in [1.165, 1.54) is 5.56 Å². The standard InChI is InChI=1S/C16H18N4/c1-20-15-9-8-13(19-17)11-14(15)18-16(20)10-7-12-5-3-2-4-6-12/h2-6,8-9,11,19H,7,10,17H2,1H3. The molecule has 4 heteroatoms. The summed E-state index contributed by atoms with van der Waals surface area (Å²) in [6.45, 7) is 0. The van der Waals surface area contributed by atoms with Gasteiger partial charge in [-0.25, -0.2) is 4.98 Å². The Balaban J connectivity index is 1.86. The molecule has 1 aromatic heterocycles. The van der Waals surface area contributed by atoms with E-state index in [9.17, 15) is 0 Å². The van der Waals surface area contributed by atoms with Crippen molar-refractivity contribution in [3.8, 4) is 0 Å². The Hall–Kier alpha value is -2.33. The number of nitrogen functional groups attached to an aromatic ring is 1. The highest BCUT2D eigenvalue weighted by Crippen LogP contribution is 2.20. The molecule has 20 heavy (non-hydrogen) atoms. The molecule has 0 bridgehead atoms. The smallest absolute Gasteiger partial charge is 0.109 e. The van der Waals surface area contributed by atoms with Crippen LogP contribution in [0.25, 0.3) is 11.0 Å². The van der Waals surface area contributed by atoms with Crippen LogP contribution in [0, 0.1) is 0 Å². The molecule has 0 radical (unpaired) electrons. The van der Waals surface area contributed by atoms with E-state index in [0.29, 0.717) is 0 Å². The van der Waals surface area contributed by atoms with Gasteiger partial charge in [-0.2, -0.15) is 0 Å². The highest BCUT2D eigenvalue weighted by Gasteiger charge is 2.08. The summed E-state index contributed by atoms with van der Waals surface area (Å²) >= 11 is 0. The number of aryl methyl sites for hydroxylation is 3. The number of nitrogens with zero attached hydrogens (tertiary/aromatic N) is 2.